The molecule has 0 radical (unpaired) electrons. The molecule has 4 nitrogen and oxygen atoms in total. The van der Waals surface area contributed by atoms with Crippen LogP contribution in [0.15, 0.2) is 35.8 Å². The number of imidazole rings is 1. The zero-order valence-corrected chi connectivity index (χ0v) is 9.74. The Morgan fingerprint density at radius 1 is 1.47 bits per heavy atom. The Morgan fingerprint density at radius 2 is 2.33 bits per heavy atom. The Labute approximate surface area is 96.2 Å². The number of nitrogens with one attached hydrogen (secondary N) is 1. The molecule has 0 saturated carbocycles. The summed E-state index contributed by atoms with van der Waals surface area (Å²) in [7, 11) is 0. The maximum atomic E-state index is 4.25. The van der Waals surface area contributed by atoms with E-state index in [0.29, 0.717) is 0 Å². The van der Waals surface area contributed by atoms with Gasteiger partial charge in [-0.2, -0.15) is 0 Å². The maximum Gasteiger partial charge on any atom is 0.155 e. The molecule has 78 valence electrons. The normalized spacial score (nSPS) is 10.7. The number of aromatic nitrogens is 3. The summed E-state index contributed by atoms with van der Waals surface area (Å²) in [6, 6.07) is 0. The molecule has 2 rings (SSSR count). The minimum Gasteiger partial charge on any atom is -0.308 e. The van der Waals surface area contributed by atoms with Crippen LogP contribution in [0.1, 0.15) is 5.69 Å². The molecule has 0 aromatic carbocycles. The van der Waals surface area contributed by atoms with Gasteiger partial charge >= 0.3 is 0 Å². The zero-order chi connectivity index (χ0) is 10.7. The molecule has 2 aromatic heterocycles. The summed E-state index contributed by atoms with van der Waals surface area (Å²) in [5, 5.41) is 3.23. The zero-order valence-electron chi connectivity index (χ0n) is 8.15. The van der Waals surface area contributed by atoms with Gasteiger partial charge in [0, 0.05) is 19.3 Å². The van der Waals surface area contributed by atoms with Crippen LogP contribution in [0.3, 0.4) is 0 Å². The van der Waals surface area contributed by atoms with Crippen LogP contribution >= 0.6 is 15.9 Å². The topological polar surface area (TPSA) is 42.2 Å². The molecule has 5 heteroatoms. The van der Waals surface area contributed by atoms with Gasteiger partial charge in [0.05, 0.1) is 18.1 Å². The molecule has 1 N–H and O–H groups in total. The van der Waals surface area contributed by atoms with E-state index in [0.717, 1.165) is 29.0 Å². The smallest absolute Gasteiger partial charge is 0.155 e. The first-order valence-electron chi connectivity index (χ1n) is 4.60. The van der Waals surface area contributed by atoms with E-state index in [2.05, 4.69) is 37.8 Å². The van der Waals surface area contributed by atoms with E-state index in [9.17, 15) is 0 Å². The Morgan fingerprint density at radius 3 is 3.13 bits per heavy atom. The standard InChI is InChI=1S/C10H11BrN4/c1-2-3-12-4-8-5-14-10-6-13-9(11)7-15(8)10/h2,5-7,12H,1,3-4H2. The fourth-order valence-electron chi connectivity index (χ4n) is 1.35. The fourth-order valence-corrected chi connectivity index (χ4v) is 1.66. The van der Waals surface area contributed by atoms with Crippen molar-refractivity contribution in [1.82, 2.24) is 19.7 Å². The lowest BCUT2D eigenvalue weighted by atomic mass is 10.4. The van der Waals surface area contributed by atoms with Gasteiger partial charge in [-0.1, -0.05) is 6.08 Å². The van der Waals surface area contributed by atoms with Gasteiger partial charge in [0.2, 0.25) is 0 Å². The molecule has 0 aliphatic carbocycles. The van der Waals surface area contributed by atoms with Crippen molar-refractivity contribution in [3.05, 3.63) is 41.5 Å². The Kier molecular flexibility index (Phi) is 3.13. The summed E-state index contributed by atoms with van der Waals surface area (Å²) in [6.07, 6.45) is 7.33. The molecule has 0 amide bonds. The van der Waals surface area contributed by atoms with Gasteiger partial charge in [-0.05, 0) is 15.9 Å². The van der Waals surface area contributed by atoms with Gasteiger partial charge in [0.1, 0.15) is 4.60 Å². The van der Waals surface area contributed by atoms with Gasteiger partial charge in [-0.15, -0.1) is 6.58 Å². The van der Waals surface area contributed by atoms with Crippen LogP contribution in [0.4, 0.5) is 0 Å². The number of fused-ring (bicyclic) bond motifs is 1. The quantitative estimate of drug-likeness (QED) is 0.678. The second-order valence-electron chi connectivity index (χ2n) is 3.11. The third kappa shape index (κ3) is 2.24. The van der Waals surface area contributed by atoms with Crippen LogP contribution in [0.5, 0.6) is 0 Å². The van der Waals surface area contributed by atoms with Gasteiger partial charge < -0.3 is 5.32 Å². The summed E-state index contributed by atoms with van der Waals surface area (Å²) in [5.74, 6) is 0. The molecular weight excluding hydrogens is 256 g/mol. The van der Waals surface area contributed by atoms with Crippen molar-refractivity contribution in [1.29, 1.82) is 0 Å². The van der Waals surface area contributed by atoms with Gasteiger partial charge in [-0.25, -0.2) is 9.97 Å². The van der Waals surface area contributed by atoms with E-state index in [4.69, 9.17) is 0 Å². The molecule has 0 spiro atoms. The predicted octanol–water partition coefficient (Wildman–Crippen LogP) is 1.77. The lowest BCUT2D eigenvalue weighted by Crippen LogP contribution is -2.14. The first-order valence-corrected chi connectivity index (χ1v) is 5.39. The van der Waals surface area contributed by atoms with Crippen molar-refractivity contribution >= 4 is 21.6 Å². The van der Waals surface area contributed by atoms with Crippen LogP contribution in [0.25, 0.3) is 5.65 Å². The maximum absolute atomic E-state index is 4.25. The van der Waals surface area contributed by atoms with Crippen LogP contribution in [0, 0.1) is 0 Å². The highest BCUT2D eigenvalue weighted by Crippen LogP contribution is 2.10. The van der Waals surface area contributed by atoms with Crippen LogP contribution in [-0.2, 0) is 6.54 Å². The highest BCUT2D eigenvalue weighted by molar-refractivity contribution is 9.10. The monoisotopic (exact) mass is 266 g/mol. The average Bonchev–Trinajstić information content (AvgIpc) is 2.62. The van der Waals surface area contributed by atoms with Gasteiger partial charge in [-0.3, -0.25) is 4.40 Å². The van der Waals surface area contributed by atoms with Crippen molar-refractivity contribution in [2.75, 3.05) is 6.54 Å². The summed E-state index contributed by atoms with van der Waals surface area (Å²) >= 11 is 3.34. The van der Waals surface area contributed by atoms with E-state index < -0.39 is 0 Å². The first kappa shape index (κ1) is 10.3. The average molecular weight is 267 g/mol. The fraction of sp³-hybridized carbons (Fsp3) is 0.200. The van der Waals surface area contributed by atoms with E-state index in [-0.39, 0.29) is 0 Å². The number of rotatable bonds is 4. The Hall–Kier alpha value is -1.20. The summed E-state index contributed by atoms with van der Waals surface area (Å²) < 4.78 is 2.81. The third-order valence-electron chi connectivity index (χ3n) is 2.04. The molecule has 0 aliphatic rings. The van der Waals surface area contributed by atoms with E-state index in [1.54, 1.807) is 6.20 Å². The lowest BCUT2D eigenvalue weighted by molar-refractivity contribution is 0.733. The number of halogens is 1. The molecule has 15 heavy (non-hydrogen) atoms. The highest BCUT2D eigenvalue weighted by Gasteiger charge is 2.02. The van der Waals surface area contributed by atoms with E-state index >= 15 is 0 Å². The molecular formula is C10H11BrN4. The SMILES string of the molecule is C=CCNCc1cnc2cnc(Br)cn12. The molecule has 2 heterocycles. The highest BCUT2D eigenvalue weighted by atomic mass is 79.9. The number of nitrogens with zero attached hydrogens (tertiary/aromatic N) is 3. The third-order valence-corrected chi connectivity index (χ3v) is 2.45. The number of hydrogen-bond acceptors (Lipinski definition) is 3. The lowest BCUT2D eigenvalue weighted by Gasteiger charge is -2.02. The summed E-state index contributed by atoms with van der Waals surface area (Å²) in [4.78, 5) is 8.37. The molecule has 0 fully saturated rings. The van der Waals surface area contributed by atoms with Crippen LogP contribution < -0.4 is 5.32 Å². The molecule has 0 unspecified atom stereocenters. The van der Waals surface area contributed by atoms with Crippen LogP contribution in [0.2, 0.25) is 0 Å². The van der Waals surface area contributed by atoms with Crippen molar-refractivity contribution in [2.24, 2.45) is 0 Å². The second-order valence-corrected chi connectivity index (χ2v) is 3.92. The second kappa shape index (κ2) is 4.55. The molecule has 0 aliphatic heterocycles. The van der Waals surface area contributed by atoms with E-state index in [1.165, 1.54) is 0 Å². The van der Waals surface area contributed by atoms with E-state index in [1.807, 2.05) is 22.9 Å². The number of hydrogen-bond donors (Lipinski definition) is 1. The van der Waals surface area contributed by atoms with Crippen molar-refractivity contribution in [3.8, 4) is 0 Å². The van der Waals surface area contributed by atoms with Crippen molar-refractivity contribution in [2.45, 2.75) is 6.54 Å². The first-order chi connectivity index (χ1) is 7.31. The summed E-state index contributed by atoms with van der Waals surface area (Å²) in [5.41, 5.74) is 1.96. The van der Waals surface area contributed by atoms with Crippen molar-refractivity contribution in [3.63, 3.8) is 0 Å². The van der Waals surface area contributed by atoms with Gasteiger partial charge in [0.15, 0.2) is 5.65 Å². The molecule has 0 saturated heterocycles. The minimum absolute atomic E-state index is 0.768. The van der Waals surface area contributed by atoms with Crippen LogP contribution in [-0.4, -0.2) is 20.9 Å². The minimum atomic E-state index is 0.768. The molecule has 0 bridgehead atoms. The Balaban J connectivity index is 2.27. The van der Waals surface area contributed by atoms with Crippen molar-refractivity contribution < 1.29 is 0 Å². The Bertz CT molecular complexity index is 477. The predicted molar refractivity (Wildman–Crippen MR) is 62.6 cm³/mol. The molecule has 0 atom stereocenters. The largest absolute Gasteiger partial charge is 0.308 e. The van der Waals surface area contributed by atoms with Gasteiger partial charge in [0.25, 0.3) is 0 Å². The molecule has 2 aromatic rings. The summed E-state index contributed by atoms with van der Waals surface area (Å²) in [6.45, 7) is 5.21.